The number of benzene rings is 2. The van der Waals surface area contributed by atoms with E-state index in [4.69, 9.17) is 0 Å². The van der Waals surface area contributed by atoms with Crippen molar-refractivity contribution in [1.29, 1.82) is 0 Å². The third kappa shape index (κ3) is 3.12. The number of carbonyl (C=O) groups excluding carboxylic acids is 1. The van der Waals surface area contributed by atoms with Crippen LogP contribution in [0.2, 0.25) is 0 Å². The molecule has 1 amide bonds. The van der Waals surface area contributed by atoms with Crippen molar-refractivity contribution in [2.45, 2.75) is 39.7 Å². The highest BCUT2D eigenvalue weighted by Gasteiger charge is 2.17. The zero-order chi connectivity index (χ0) is 18.1. The van der Waals surface area contributed by atoms with Crippen molar-refractivity contribution in [3.05, 3.63) is 65.0 Å². The molecule has 2 heterocycles. The van der Waals surface area contributed by atoms with Crippen LogP contribution < -0.4 is 5.32 Å². The maximum Gasteiger partial charge on any atom is 0.255 e. The standard InChI is InChI=1S/C21H22N4O/c1-14-9-10-15(2)18(12-14)21(26)22-17-7-5-6-16(13-17)20-24-23-19-8-3-4-11-25(19)20/h5-7,9-10,12-13H,3-4,8,11H2,1-2H3,(H,22,26). The molecule has 0 radical (unpaired) electrons. The molecule has 5 nitrogen and oxygen atoms in total. The molecule has 3 aromatic rings. The highest BCUT2D eigenvalue weighted by Crippen LogP contribution is 2.25. The molecule has 5 heteroatoms. The number of nitrogens with zero attached hydrogens (tertiary/aromatic N) is 3. The van der Waals surface area contributed by atoms with Crippen LogP contribution in [-0.4, -0.2) is 20.7 Å². The average Bonchev–Trinajstić information content (AvgIpc) is 3.08. The molecular weight excluding hydrogens is 324 g/mol. The second-order valence-corrected chi connectivity index (χ2v) is 6.90. The Morgan fingerprint density at radius 1 is 1.08 bits per heavy atom. The average molecular weight is 346 g/mol. The Morgan fingerprint density at radius 2 is 1.96 bits per heavy atom. The van der Waals surface area contributed by atoms with Crippen LogP contribution in [0.5, 0.6) is 0 Å². The summed E-state index contributed by atoms with van der Waals surface area (Å²) < 4.78 is 2.19. The zero-order valence-corrected chi connectivity index (χ0v) is 15.1. The lowest BCUT2D eigenvalue weighted by atomic mass is 10.0. The number of hydrogen-bond acceptors (Lipinski definition) is 3. The third-order valence-corrected chi connectivity index (χ3v) is 4.88. The van der Waals surface area contributed by atoms with Gasteiger partial charge in [-0.2, -0.15) is 0 Å². The topological polar surface area (TPSA) is 59.8 Å². The predicted octanol–water partition coefficient (Wildman–Crippen LogP) is 4.15. The lowest BCUT2D eigenvalue weighted by Gasteiger charge is -2.15. The minimum absolute atomic E-state index is 0.0911. The molecule has 0 spiro atoms. The van der Waals surface area contributed by atoms with Gasteiger partial charge in [-0.1, -0.05) is 29.8 Å². The van der Waals surface area contributed by atoms with E-state index in [1.54, 1.807) is 0 Å². The van der Waals surface area contributed by atoms with Crippen LogP contribution in [0.3, 0.4) is 0 Å². The number of fused-ring (bicyclic) bond motifs is 1. The minimum Gasteiger partial charge on any atom is -0.322 e. The summed E-state index contributed by atoms with van der Waals surface area (Å²) >= 11 is 0. The fraction of sp³-hybridized carbons (Fsp3) is 0.286. The Kier molecular flexibility index (Phi) is 4.29. The van der Waals surface area contributed by atoms with E-state index in [-0.39, 0.29) is 5.91 Å². The van der Waals surface area contributed by atoms with Crippen LogP contribution >= 0.6 is 0 Å². The fourth-order valence-corrected chi connectivity index (χ4v) is 3.44. The van der Waals surface area contributed by atoms with Gasteiger partial charge in [0.1, 0.15) is 5.82 Å². The summed E-state index contributed by atoms with van der Waals surface area (Å²) in [5.41, 5.74) is 4.49. The molecule has 26 heavy (non-hydrogen) atoms. The van der Waals surface area contributed by atoms with Crippen LogP contribution in [0.15, 0.2) is 42.5 Å². The number of amides is 1. The van der Waals surface area contributed by atoms with Crippen LogP contribution in [-0.2, 0) is 13.0 Å². The summed E-state index contributed by atoms with van der Waals surface area (Å²) in [7, 11) is 0. The summed E-state index contributed by atoms with van der Waals surface area (Å²) in [6.07, 6.45) is 3.31. The molecule has 1 aliphatic heterocycles. The third-order valence-electron chi connectivity index (χ3n) is 4.88. The van der Waals surface area contributed by atoms with E-state index < -0.39 is 0 Å². The smallest absolute Gasteiger partial charge is 0.255 e. The number of aryl methyl sites for hydroxylation is 3. The number of hydrogen-bond donors (Lipinski definition) is 1. The van der Waals surface area contributed by atoms with Crippen molar-refractivity contribution in [1.82, 2.24) is 14.8 Å². The van der Waals surface area contributed by atoms with Gasteiger partial charge in [-0.3, -0.25) is 4.79 Å². The van der Waals surface area contributed by atoms with Crippen molar-refractivity contribution in [3.8, 4) is 11.4 Å². The predicted molar refractivity (Wildman–Crippen MR) is 102 cm³/mol. The molecule has 132 valence electrons. The van der Waals surface area contributed by atoms with Gasteiger partial charge in [0, 0.05) is 29.8 Å². The molecule has 0 saturated carbocycles. The van der Waals surface area contributed by atoms with Gasteiger partial charge in [0.25, 0.3) is 5.91 Å². The zero-order valence-electron chi connectivity index (χ0n) is 15.1. The molecule has 0 saturated heterocycles. The van der Waals surface area contributed by atoms with Crippen LogP contribution in [0.25, 0.3) is 11.4 Å². The van der Waals surface area contributed by atoms with Gasteiger partial charge in [-0.05, 0) is 50.5 Å². The molecule has 4 rings (SSSR count). The molecule has 2 aromatic carbocycles. The normalized spacial score (nSPS) is 13.3. The van der Waals surface area contributed by atoms with Crippen molar-refractivity contribution in [3.63, 3.8) is 0 Å². The van der Waals surface area contributed by atoms with Crippen LogP contribution in [0, 0.1) is 13.8 Å². The Hall–Kier alpha value is -2.95. The number of aromatic nitrogens is 3. The number of rotatable bonds is 3. The van der Waals surface area contributed by atoms with E-state index in [0.29, 0.717) is 5.56 Å². The van der Waals surface area contributed by atoms with Gasteiger partial charge in [-0.25, -0.2) is 0 Å². The van der Waals surface area contributed by atoms with E-state index in [1.807, 2.05) is 56.3 Å². The largest absolute Gasteiger partial charge is 0.322 e. The van der Waals surface area contributed by atoms with Crippen molar-refractivity contribution >= 4 is 11.6 Å². The molecule has 0 atom stereocenters. The summed E-state index contributed by atoms with van der Waals surface area (Å²) in [6, 6.07) is 13.7. The highest BCUT2D eigenvalue weighted by atomic mass is 16.1. The van der Waals surface area contributed by atoms with Gasteiger partial charge in [0.05, 0.1) is 0 Å². The second-order valence-electron chi connectivity index (χ2n) is 6.90. The van der Waals surface area contributed by atoms with E-state index in [9.17, 15) is 4.79 Å². The van der Waals surface area contributed by atoms with Gasteiger partial charge in [-0.15, -0.1) is 10.2 Å². The molecule has 1 aromatic heterocycles. The summed E-state index contributed by atoms with van der Waals surface area (Å²) in [4.78, 5) is 12.7. The maximum absolute atomic E-state index is 12.7. The Balaban J connectivity index is 1.61. The van der Waals surface area contributed by atoms with Crippen molar-refractivity contribution in [2.75, 3.05) is 5.32 Å². The fourth-order valence-electron chi connectivity index (χ4n) is 3.44. The molecule has 1 N–H and O–H groups in total. The number of anilines is 1. The van der Waals surface area contributed by atoms with Gasteiger partial charge in [0.15, 0.2) is 5.82 Å². The maximum atomic E-state index is 12.7. The second kappa shape index (κ2) is 6.75. The van der Waals surface area contributed by atoms with E-state index >= 15 is 0 Å². The first-order valence-corrected chi connectivity index (χ1v) is 9.03. The molecular formula is C21H22N4O. The molecule has 1 aliphatic rings. The van der Waals surface area contributed by atoms with Crippen molar-refractivity contribution < 1.29 is 4.79 Å². The summed E-state index contributed by atoms with van der Waals surface area (Å²) in [6.45, 7) is 4.90. The molecule has 0 unspecified atom stereocenters. The van der Waals surface area contributed by atoms with Crippen LogP contribution in [0.1, 0.15) is 40.2 Å². The van der Waals surface area contributed by atoms with Gasteiger partial charge in [0.2, 0.25) is 0 Å². The van der Waals surface area contributed by atoms with Crippen LogP contribution in [0.4, 0.5) is 5.69 Å². The highest BCUT2D eigenvalue weighted by molar-refractivity contribution is 6.05. The Labute approximate surface area is 153 Å². The minimum atomic E-state index is -0.0911. The van der Waals surface area contributed by atoms with Gasteiger partial charge < -0.3 is 9.88 Å². The van der Waals surface area contributed by atoms with E-state index in [2.05, 4.69) is 20.1 Å². The Bertz CT molecular complexity index is 974. The Morgan fingerprint density at radius 3 is 2.85 bits per heavy atom. The lowest BCUT2D eigenvalue weighted by Crippen LogP contribution is -2.14. The van der Waals surface area contributed by atoms with Crippen molar-refractivity contribution in [2.24, 2.45) is 0 Å². The molecule has 0 fully saturated rings. The molecule has 0 bridgehead atoms. The first-order chi connectivity index (χ1) is 12.6. The van der Waals surface area contributed by atoms with Gasteiger partial charge >= 0.3 is 0 Å². The summed E-state index contributed by atoms with van der Waals surface area (Å²) in [5, 5.41) is 11.7. The monoisotopic (exact) mass is 346 g/mol. The van der Waals surface area contributed by atoms with E-state index in [1.165, 1.54) is 6.42 Å². The SMILES string of the molecule is Cc1ccc(C)c(C(=O)Nc2cccc(-c3nnc4n3CCCC4)c2)c1. The van der Waals surface area contributed by atoms with E-state index in [0.717, 1.165) is 53.4 Å². The number of nitrogens with one attached hydrogen (secondary N) is 1. The first kappa shape index (κ1) is 16.5. The first-order valence-electron chi connectivity index (χ1n) is 9.03. The number of carbonyl (C=O) groups is 1. The lowest BCUT2D eigenvalue weighted by molar-refractivity contribution is 0.102. The quantitative estimate of drug-likeness (QED) is 0.775. The summed E-state index contributed by atoms with van der Waals surface area (Å²) in [5.74, 6) is 1.84. The molecule has 0 aliphatic carbocycles.